The van der Waals surface area contributed by atoms with Gasteiger partial charge in [-0.2, -0.15) is 0 Å². The molecule has 1 spiro atoms. The Morgan fingerprint density at radius 3 is 2.33 bits per heavy atom. The van der Waals surface area contributed by atoms with E-state index in [4.69, 9.17) is 0 Å². The smallest absolute Gasteiger partial charge is 0.407 e. The molecule has 1 aliphatic heterocycles. The van der Waals surface area contributed by atoms with E-state index in [0.717, 1.165) is 5.56 Å². The lowest BCUT2D eigenvalue weighted by Gasteiger charge is -2.56. The molecule has 0 radical (unpaired) electrons. The molecule has 21 heavy (non-hydrogen) atoms. The summed E-state index contributed by atoms with van der Waals surface area (Å²) >= 11 is 0. The van der Waals surface area contributed by atoms with Crippen molar-refractivity contribution in [2.45, 2.75) is 23.9 Å². The number of urea groups is 1. The van der Waals surface area contributed by atoms with Crippen LogP contribution >= 0.6 is 0 Å². The fourth-order valence-electron chi connectivity index (χ4n) is 3.29. The van der Waals surface area contributed by atoms with Gasteiger partial charge >= 0.3 is 12.1 Å². The van der Waals surface area contributed by atoms with E-state index >= 15 is 0 Å². The van der Waals surface area contributed by atoms with Gasteiger partial charge in [-0.05, 0) is 5.56 Å². The van der Waals surface area contributed by atoms with Crippen molar-refractivity contribution in [3.8, 4) is 0 Å². The van der Waals surface area contributed by atoms with Crippen molar-refractivity contribution < 1.29 is 19.5 Å². The van der Waals surface area contributed by atoms with Gasteiger partial charge in [0.1, 0.15) is 5.54 Å². The quantitative estimate of drug-likeness (QED) is 0.703. The first-order valence-corrected chi connectivity index (χ1v) is 6.56. The summed E-state index contributed by atoms with van der Waals surface area (Å²) in [6.07, 6.45) is -0.618. The summed E-state index contributed by atoms with van der Waals surface area (Å²) in [7, 11) is 1.48. The SMILES string of the molecule is CN(C(=O)O)C1(c2ccccc2)CC2(C1)NC(=O)NC2=O. The molecule has 3 N–H and O–H groups in total. The van der Waals surface area contributed by atoms with Gasteiger partial charge < -0.3 is 15.3 Å². The lowest BCUT2D eigenvalue weighted by atomic mass is 9.59. The molecule has 1 saturated heterocycles. The molecule has 1 aromatic carbocycles. The predicted molar refractivity (Wildman–Crippen MR) is 72.5 cm³/mol. The minimum Gasteiger partial charge on any atom is -0.465 e. The molecule has 1 heterocycles. The summed E-state index contributed by atoms with van der Waals surface area (Å²) in [5.41, 5.74) is -0.993. The Kier molecular flexibility index (Phi) is 2.69. The molecule has 3 rings (SSSR count). The first-order chi connectivity index (χ1) is 9.90. The number of nitrogens with one attached hydrogen (secondary N) is 2. The number of carbonyl (C=O) groups is 3. The molecule has 0 aromatic heterocycles. The van der Waals surface area contributed by atoms with Gasteiger partial charge in [0.2, 0.25) is 0 Å². The van der Waals surface area contributed by atoms with Gasteiger partial charge in [-0.1, -0.05) is 30.3 Å². The molecule has 2 aliphatic rings. The van der Waals surface area contributed by atoms with Gasteiger partial charge in [-0.3, -0.25) is 10.1 Å². The highest BCUT2D eigenvalue weighted by molar-refractivity contribution is 6.08. The van der Waals surface area contributed by atoms with Gasteiger partial charge in [0, 0.05) is 19.9 Å². The summed E-state index contributed by atoms with van der Waals surface area (Å²) in [4.78, 5) is 35.9. The van der Waals surface area contributed by atoms with E-state index in [9.17, 15) is 19.5 Å². The van der Waals surface area contributed by atoms with Crippen molar-refractivity contribution in [2.75, 3.05) is 7.05 Å². The van der Waals surface area contributed by atoms with Crippen LogP contribution in [0.15, 0.2) is 30.3 Å². The number of carbonyl (C=O) groups excluding carboxylic acids is 2. The van der Waals surface area contributed by atoms with Crippen LogP contribution in [0.3, 0.4) is 0 Å². The van der Waals surface area contributed by atoms with Crippen LogP contribution in [0.2, 0.25) is 0 Å². The molecule has 110 valence electrons. The minimum atomic E-state index is -1.07. The number of hydrogen-bond donors (Lipinski definition) is 3. The van der Waals surface area contributed by atoms with E-state index in [1.54, 1.807) is 0 Å². The zero-order chi connectivity index (χ0) is 15.3. The van der Waals surface area contributed by atoms with Crippen LogP contribution in [0.1, 0.15) is 18.4 Å². The highest BCUT2D eigenvalue weighted by atomic mass is 16.4. The molecule has 7 nitrogen and oxygen atoms in total. The van der Waals surface area contributed by atoms with Crippen molar-refractivity contribution in [1.29, 1.82) is 0 Å². The van der Waals surface area contributed by atoms with E-state index in [-0.39, 0.29) is 12.8 Å². The highest BCUT2D eigenvalue weighted by Crippen LogP contribution is 2.53. The molecule has 1 saturated carbocycles. The first-order valence-electron chi connectivity index (χ1n) is 6.56. The molecule has 1 aliphatic carbocycles. The maximum absolute atomic E-state index is 11.9. The third-order valence-corrected chi connectivity index (χ3v) is 4.44. The molecular formula is C14H15N3O4. The summed E-state index contributed by atoms with van der Waals surface area (Å²) in [5.74, 6) is -0.391. The lowest BCUT2D eigenvalue weighted by molar-refractivity contribution is -0.134. The van der Waals surface area contributed by atoms with E-state index in [1.165, 1.54) is 11.9 Å². The van der Waals surface area contributed by atoms with Crippen molar-refractivity contribution in [2.24, 2.45) is 0 Å². The summed E-state index contributed by atoms with van der Waals surface area (Å²) < 4.78 is 0. The number of carboxylic acid groups (broad SMARTS) is 1. The molecule has 0 atom stereocenters. The van der Waals surface area contributed by atoms with E-state index in [2.05, 4.69) is 10.6 Å². The van der Waals surface area contributed by atoms with Gasteiger partial charge in [-0.25, -0.2) is 9.59 Å². The number of benzene rings is 1. The third-order valence-electron chi connectivity index (χ3n) is 4.44. The number of imide groups is 1. The largest absolute Gasteiger partial charge is 0.465 e. The number of hydrogen-bond acceptors (Lipinski definition) is 3. The van der Waals surface area contributed by atoms with Crippen LogP contribution in [0, 0.1) is 0 Å². The maximum Gasteiger partial charge on any atom is 0.407 e. The van der Waals surface area contributed by atoms with Gasteiger partial charge in [0.15, 0.2) is 0 Å². The Morgan fingerprint density at radius 1 is 1.24 bits per heavy atom. The standard InChI is InChI=1S/C14H15N3O4/c1-17(12(20)21)14(9-5-3-2-4-6-9)7-13(8-14)10(18)15-11(19)16-13/h2-6H,7-8H2,1H3,(H,20,21)(H2,15,16,18,19). The Morgan fingerprint density at radius 2 is 1.86 bits per heavy atom. The Labute approximate surface area is 120 Å². The first kappa shape index (κ1) is 13.4. The Hall–Kier alpha value is -2.57. The molecule has 0 unspecified atom stereocenters. The van der Waals surface area contributed by atoms with Gasteiger partial charge in [0.05, 0.1) is 5.54 Å². The fraction of sp³-hybridized carbons (Fsp3) is 0.357. The number of amides is 4. The van der Waals surface area contributed by atoms with E-state index < -0.39 is 29.1 Å². The maximum atomic E-state index is 11.9. The molecular weight excluding hydrogens is 274 g/mol. The van der Waals surface area contributed by atoms with Crippen LogP contribution in [0.4, 0.5) is 9.59 Å². The van der Waals surface area contributed by atoms with Gasteiger partial charge in [-0.15, -0.1) is 0 Å². The molecule has 7 heteroatoms. The zero-order valence-electron chi connectivity index (χ0n) is 11.4. The average molecular weight is 289 g/mol. The highest BCUT2D eigenvalue weighted by Gasteiger charge is 2.65. The number of rotatable bonds is 2. The minimum absolute atomic E-state index is 0.227. The normalized spacial score (nSPS) is 30.5. The second-order valence-corrected chi connectivity index (χ2v) is 5.58. The van der Waals surface area contributed by atoms with Crippen LogP contribution < -0.4 is 10.6 Å². The zero-order valence-corrected chi connectivity index (χ0v) is 11.4. The predicted octanol–water partition coefficient (Wildman–Crippen LogP) is 0.864. The number of nitrogens with zero attached hydrogens (tertiary/aromatic N) is 1. The van der Waals surface area contributed by atoms with Crippen LogP contribution in [0.5, 0.6) is 0 Å². The van der Waals surface area contributed by atoms with Crippen LogP contribution in [-0.4, -0.2) is 40.6 Å². The van der Waals surface area contributed by atoms with Crippen molar-refractivity contribution in [3.05, 3.63) is 35.9 Å². The molecule has 1 aromatic rings. The molecule has 0 bridgehead atoms. The molecule has 2 fully saturated rings. The summed E-state index contributed by atoms with van der Waals surface area (Å²) in [5, 5.41) is 14.2. The van der Waals surface area contributed by atoms with Crippen molar-refractivity contribution >= 4 is 18.0 Å². The second-order valence-electron chi connectivity index (χ2n) is 5.58. The van der Waals surface area contributed by atoms with E-state index in [0.29, 0.717) is 0 Å². The van der Waals surface area contributed by atoms with E-state index in [1.807, 2.05) is 30.3 Å². The Balaban J connectivity index is 1.97. The van der Waals surface area contributed by atoms with Crippen LogP contribution in [0.25, 0.3) is 0 Å². The van der Waals surface area contributed by atoms with Gasteiger partial charge in [0.25, 0.3) is 5.91 Å². The monoisotopic (exact) mass is 289 g/mol. The second kappa shape index (κ2) is 4.21. The lowest BCUT2D eigenvalue weighted by Crippen LogP contribution is -2.69. The summed E-state index contributed by atoms with van der Waals surface area (Å²) in [6, 6.07) is 8.63. The summed E-state index contributed by atoms with van der Waals surface area (Å²) in [6.45, 7) is 0. The Bertz CT molecular complexity index is 622. The third kappa shape index (κ3) is 1.77. The van der Waals surface area contributed by atoms with Crippen molar-refractivity contribution in [1.82, 2.24) is 15.5 Å². The molecule has 4 amide bonds. The van der Waals surface area contributed by atoms with Crippen molar-refractivity contribution in [3.63, 3.8) is 0 Å². The van der Waals surface area contributed by atoms with Crippen LogP contribution in [-0.2, 0) is 10.3 Å². The topological polar surface area (TPSA) is 98.7 Å². The average Bonchev–Trinajstić information content (AvgIpc) is 2.71. The fourth-order valence-corrected chi connectivity index (χ4v) is 3.29.